The van der Waals surface area contributed by atoms with Crippen molar-refractivity contribution < 1.29 is 18.9 Å². The molecule has 1 aromatic heterocycles. The molecule has 0 fully saturated rings. The van der Waals surface area contributed by atoms with E-state index in [-0.39, 0.29) is 29.1 Å². The molecule has 0 radical (unpaired) electrons. The molecule has 0 aliphatic rings. The van der Waals surface area contributed by atoms with E-state index in [2.05, 4.69) is 10.6 Å². The summed E-state index contributed by atoms with van der Waals surface area (Å²) in [5.74, 6) is -0.328. The predicted molar refractivity (Wildman–Crippen MR) is 125 cm³/mol. The van der Waals surface area contributed by atoms with Gasteiger partial charge in [0.25, 0.3) is 5.69 Å². The van der Waals surface area contributed by atoms with Gasteiger partial charge in [0.15, 0.2) is 5.76 Å². The van der Waals surface area contributed by atoms with Crippen LogP contribution in [0, 0.1) is 16.0 Å². The van der Waals surface area contributed by atoms with Crippen molar-refractivity contribution in [1.82, 2.24) is 5.32 Å². The normalized spacial score (nSPS) is 12.7. The molecule has 2 aromatic carbocycles. The van der Waals surface area contributed by atoms with Crippen LogP contribution < -0.4 is 10.6 Å². The number of Topliss-reactive ketones (excluding diaryl/α,β-unsaturated/α-hetero) is 1. The third-order valence-electron chi connectivity index (χ3n) is 5.10. The molecule has 8 heteroatoms. The number of furan rings is 1. The molecule has 0 bridgehead atoms. The minimum absolute atomic E-state index is 0.0791. The Bertz CT molecular complexity index is 1080. The fourth-order valence-electron chi connectivity index (χ4n) is 3.54. The first-order valence-electron chi connectivity index (χ1n) is 10.8. The smallest absolute Gasteiger partial charge is 0.271 e. The average Bonchev–Trinajstić information content (AvgIpc) is 3.33. The number of anilines is 1. The number of hydrogen-bond donors (Lipinski definition) is 2. The first-order valence-corrected chi connectivity index (χ1v) is 10.8. The van der Waals surface area contributed by atoms with Crippen LogP contribution in [0.2, 0.25) is 0 Å². The lowest BCUT2D eigenvalue weighted by atomic mass is 9.97. The minimum Gasteiger partial charge on any atom is -0.461 e. The topological polar surface area (TPSA) is 114 Å². The number of carbonyl (C=O) groups excluding carboxylic acids is 2. The van der Waals surface area contributed by atoms with Crippen LogP contribution in [0.4, 0.5) is 11.4 Å². The molecule has 0 unspecified atom stereocenters. The van der Waals surface area contributed by atoms with Crippen LogP contribution in [0.1, 0.15) is 36.4 Å². The molecular formula is C25H27N3O5. The molecule has 0 aliphatic carbocycles. The van der Waals surface area contributed by atoms with Crippen LogP contribution in [0.5, 0.6) is 0 Å². The van der Waals surface area contributed by atoms with Crippen molar-refractivity contribution in [2.45, 2.75) is 38.8 Å². The van der Waals surface area contributed by atoms with Crippen LogP contribution >= 0.6 is 0 Å². The summed E-state index contributed by atoms with van der Waals surface area (Å²) in [5, 5.41) is 17.1. The number of hydrogen-bond acceptors (Lipinski definition) is 6. The zero-order valence-electron chi connectivity index (χ0n) is 18.6. The molecule has 0 saturated carbocycles. The largest absolute Gasteiger partial charge is 0.461 e. The van der Waals surface area contributed by atoms with Crippen molar-refractivity contribution in [3.8, 4) is 0 Å². The Kier molecular flexibility index (Phi) is 7.96. The number of non-ortho nitro benzene ring substituents is 1. The molecule has 8 nitrogen and oxygen atoms in total. The lowest BCUT2D eigenvalue weighted by Gasteiger charge is -2.24. The van der Waals surface area contributed by atoms with E-state index < -0.39 is 17.0 Å². The van der Waals surface area contributed by atoms with E-state index in [1.807, 2.05) is 44.2 Å². The molecule has 2 N–H and O–H groups in total. The van der Waals surface area contributed by atoms with Gasteiger partial charge in [0, 0.05) is 24.2 Å². The molecule has 0 spiro atoms. The summed E-state index contributed by atoms with van der Waals surface area (Å²) in [5.41, 5.74) is 1.27. The number of nitrogens with one attached hydrogen (secondary N) is 2. The molecule has 0 aliphatic heterocycles. The maximum Gasteiger partial charge on any atom is 0.271 e. The highest BCUT2D eigenvalue weighted by molar-refractivity contribution is 6.00. The number of amides is 1. The third-order valence-corrected chi connectivity index (χ3v) is 5.10. The number of nitro groups is 1. The summed E-state index contributed by atoms with van der Waals surface area (Å²) in [7, 11) is 0. The number of nitrogens with zero attached hydrogens (tertiary/aromatic N) is 1. The van der Waals surface area contributed by atoms with Gasteiger partial charge in [-0.1, -0.05) is 50.2 Å². The zero-order valence-corrected chi connectivity index (χ0v) is 18.6. The Morgan fingerprint density at radius 2 is 1.76 bits per heavy atom. The van der Waals surface area contributed by atoms with Crippen molar-refractivity contribution in [2.75, 3.05) is 5.32 Å². The lowest BCUT2D eigenvalue weighted by Crippen LogP contribution is -2.49. The van der Waals surface area contributed by atoms with E-state index in [4.69, 9.17) is 4.42 Å². The second kappa shape index (κ2) is 11.1. The van der Waals surface area contributed by atoms with Gasteiger partial charge in [0.1, 0.15) is 6.04 Å². The van der Waals surface area contributed by atoms with Crippen molar-refractivity contribution in [2.24, 2.45) is 5.92 Å². The SMILES string of the molecule is CC(C)C[C@H](NC(=O)[C@H](Cc1ccccc1)Nc1cccc([N+](=O)[O-])c1)C(=O)c1ccco1. The summed E-state index contributed by atoms with van der Waals surface area (Å²) < 4.78 is 5.25. The van der Waals surface area contributed by atoms with E-state index in [1.165, 1.54) is 18.4 Å². The van der Waals surface area contributed by atoms with Gasteiger partial charge in [0.05, 0.1) is 17.2 Å². The van der Waals surface area contributed by atoms with Gasteiger partial charge in [0.2, 0.25) is 11.7 Å². The van der Waals surface area contributed by atoms with Crippen molar-refractivity contribution in [3.63, 3.8) is 0 Å². The Hall–Kier alpha value is -3.94. The molecule has 172 valence electrons. The highest BCUT2D eigenvalue weighted by Gasteiger charge is 2.28. The second-order valence-corrected chi connectivity index (χ2v) is 8.23. The van der Waals surface area contributed by atoms with Crippen molar-refractivity contribution in [3.05, 3.63) is 94.4 Å². The molecule has 3 aromatic rings. The van der Waals surface area contributed by atoms with Gasteiger partial charge < -0.3 is 15.1 Å². The number of rotatable bonds is 11. The first kappa shape index (κ1) is 23.7. The summed E-state index contributed by atoms with van der Waals surface area (Å²) in [4.78, 5) is 36.9. The molecule has 1 heterocycles. The first-order chi connectivity index (χ1) is 15.8. The Morgan fingerprint density at radius 3 is 2.39 bits per heavy atom. The zero-order chi connectivity index (χ0) is 23.8. The van der Waals surface area contributed by atoms with Gasteiger partial charge in [-0.3, -0.25) is 19.7 Å². The fraction of sp³-hybridized carbons (Fsp3) is 0.280. The Labute approximate surface area is 192 Å². The van der Waals surface area contributed by atoms with E-state index in [1.54, 1.807) is 24.3 Å². The highest BCUT2D eigenvalue weighted by atomic mass is 16.6. The molecular weight excluding hydrogens is 422 g/mol. The highest BCUT2D eigenvalue weighted by Crippen LogP contribution is 2.20. The van der Waals surface area contributed by atoms with Gasteiger partial charge >= 0.3 is 0 Å². The van der Waals surface area contributed by atoms with E-state index in [9.17, 15) is 19.7 Å². The number of nitro benzene ring substituents is 1. The number of carbonyl (C=O) groups is 2. The summed E-state index contributed by atoms with van der Waals surface area (Å²) in [6, 6.07) is 17.1. The van der Waals surface area contributed by atoms with Crippen LogP contribution in [0.15, 0.2) is 77.4 Å². The van der Waals surface area contributed by atoms with Gasteiger partial charge in [-0.05, 0) is 36.1 Å². The average molecular weight is 450 g/mol. The van der Waals surface area contributed by atoms with Crippen LogP contribution in [0.25, 0.3) is 0 Å². The number of benzene rings is 2. The van der Waals surface area contributed by atoms with Crippen LogP contribution in [0.3, 0.4) is 0 Å². The van der Waals surface area contributed by atoms with E-state index >= 15 is 0 Å². The fourth-order valence-corrected chi connectivity index (χ4v) is 3.54. The maximum absolute atomic E-state index is 13.3. The molecule has 2 atom stereocenters. The summed E-state index contributed by atoms with van der Waals surface area (Å²) in [6.45, 7) is 3.94. The van der Waals surface area contributed by atoms with E-state index in [0.717, 1.165) is 5.56 Å². The second-order valence-electron chi connectivity index (χ2n) is 8.23. The lowest BCUT2D eigenvalue weighted by molar-refractivity contribution is -0.384. The minimum atomic E-state index is -0.756. The number of ketones is 1. The van der Waals surface area contributed by atoms with Crippen molar-refractivity contribution in [1.29, 1.82) is 0 Å². The van der Waals surface area contributed by atoms with Gasteiger partial charge in [-0.15, -0.1) is 0 Å². The molecule has 1 amide bonds. The van der Waals surface area contributed by atoms with Crippen LogP contribution in [-0.4, -0.2) is 28.7 Å². The molecule has 3 rings (SSSR count). The summed E-state index contributed by atoms with van der Waals surface area (Å²) in [6.07, 6.45) is 2.20. The van der Waals surface area contributed by atoms with E-state index in [0.29, 0.717) is 18.5 Å². The third kappa shape index (κ3) is 6.77. The Balaban J connectivity index is 1.84. The predicted octanol–water partition coefficient (Wildman–Crippen LogP) is 4.62. The Morgan fingerprint density at radius 1 is 1.00 bits per heavy atom. The van der Waals surface area contributed by atoms with Gasteiger partial charge in [-0.2, -0.15) is 0 Å². The monoisotopic (exact) mass is 449 g/mol. The molecule has 0 saturated heterocycles. The van der Waals surface area contributed by atoms with Crippen LogP contribution in [-0.2, 0) is 11.2 Å². The van der Waals surface area contributed by atoms with Gasteiger partial charge in [-0.25, -0.2) is 0 Å². The maximum atomic E-state index is 13.3. The quantitative estimate of drug-likeness (QED) is 0.251. The molecule has 33 heavy (non-hydrogen) atoms. The van der Waals surface area contributed by atoms with Crippen molar-refractivity contribution >= 4 is 23.1 Å². The summed E-state index contributed by atoms with van der Waals surface area (Å²) >= 11 is 0. The standard InChI is InChI=1S/C25H27N3O5/c1-17(2)14-21(24(29)23-12-7-13-33-23)27-25(30)22(15-18-8-4-3-5-9-18)26-19-10-6-11-20(16-19)28(31)32/h3-13,16-17,21-22,26H,14-15H2,1-2H3,(H,27,30)/t21-,22-/m0/s1.